The van der Waals surface area contributed by atoms with Crippen molar-refractivity contribution in [1.82, 2.24) is 19.6 Å². The summed E-state index contributed by atoms with van der Waals surface area (Å²) in [5.74, 6) is 0.350. The summed E-state index contributed by atoms with van der Waals surface area (Å²) in [6, 6.07) is 4.97. The number of aromatic amines is 1. The Labute approximate surface area is 198 Å². The van der Waals surface area contributed by atoms with Crippen molar-refractivity contribution in [3.05, 3.63) is 46.5 Å². The van der Waals surface area contributed by atoms with E-state index in [9.17, 15) is 9.59 Å². The summed E-state index contributed by atoms with van der Waals surface area (Å²) in [7, 11) is 3.49. The number of nitrogens with two attached hydrogens (primary N) is 1. The zero-order valence-electron chi connectivity index (χ0n) is 19.7. The molecule has 3 aromatic rings. The number of carbonyl (C=O) groups excluding carboxylic acids is 1. The third-order valence-electron chi connectivity index (χ3n) is 5.54. The molecular weight excluding hydrogens is 438 g/mol. The summed E-state index contributed by atoms with van der Waals surface area (Å²) >= 11 is 0. The Morgan fingerprint density at radius 3 is 2.50 bits per heavy atom. The third-order valence-corrected chi connectivity index (χ3v) is 5.54. The molecular formula is C23H33N7O4. The maximum Gasteiger partial charge on any atom is 0.271 e. The number of carbonyl (C=O) groups is 1. The molecule has 1 aliphatic heterocycles. The Kier molecular flexibility index (Phi) is 9.41. The van der Waals surface area contributed by atoms with E-state index in [-0.39, 0.29) is 11.1 Å². The van der Waals surface area contributed by atoms with E-state index in [0.717, 1.165) is 13.2 Å². The zero-order valence-corrected chi connectivity index (χ0v) is 19.7. The second-order valence-electron chi connectivity index (χ2n) is 7.93. The first kappa shape index (κ1) is 25.2. The number of anilines is 3. The summed E-state index contributed by atoms with van der Waals surface area (Å²) in [5, 5.41) is 9.92. The molecule has 1 saturated heterocycles. The molecule has 5 rings (SSSR count). The minimum atomic E-state index is -0.626. The van der Waals surface area contributed by atoms with Crippen molar-refractivity contribution in [3.8, 4) is 0 Å². The molecule has 5 N–H and O–H groups in total. The number of nitrogens with zero attached hydrogens (tertiary/aromatic N) is 3. The van der Waals surface area contributed by atoms with Gasteiger partial charge in [0.05, 0.1) is 12.3 Å². The van der Waals surface area contributed by atoms with E-state index in [1.54, 1.807) is 32.4 Å². The molecule has 2 fully saturated rings. The predicted molar refractivity (Wildman–Crippen MR) is 131 cm³/mol. The van der Waals surface area contributed by atoms with Crippen LogP contribution in [0.25, 0.3) is 5.65 Å². The fourth-order valence-corrected chi connectivity index (χ4v) is 3.33. The quantitative estimate of drug-likeness (QED) is 0.444. The number of pyridine rings is 1. The van der Waals surface area contributed by atoms with Gasteiger partial charge in [0, 0.05) is 39.6 Å². The highest BCUT2D eigenvalue weighted by Crippen LogP contribution is 2.21. The molecule has 0 bridgehead atoms. The van der Waals surface area contributed by atoms with Crippen LogP contribution in [-0.2, 0) is 9.47 Å². The van der Waals surface area contributed by atoms with E-state index in [1.807, 2.05) is 0 Å². The molecule has 1 saturated carbocycles. The molecule has 0 unspecified atom stereocenters. The lowest BCUT2D eigenvalue weighted by Gasteiger charge is -2.22. The number of fused-ring (bicyclic) bond motifs is 1. The van der Waals surface area contributed by atoms with Gasteiger partial charge in [-0.3, -0.25) is 9.59 Å². The van der Waals surface area contributed by atoms with Crippen LogP contribution in [0, 0.1) is 0 Å². The molecule has 0 aromatic carbocycles. The first-order chi connectivity index (χ1) is 16.5. The van der Waals surface area contributed by atoms with Gasteiger partial charge in [0.25, 0.3) is 11.5 Å². The number of amides is 1. The fraction of sp³-hybridized carbons (Fsp3) is 0.478. The van der Waals surface area contributed by atoms with Crippen molar-refractivity contribution in [2.45, 2.75) is 44.6 Å². The number of hydrogen-bond acceptors (Lipinski definition) is 8. The normalized spacial score (nSPS) is 15.2. The Morgan fingerprint density at radius 2 is 2.03 bits per heavy atom. The van der Waals surface area contributed by atoms with E-state index in [2.05, 4.69) is 25.7 Å². The molecule has 0 radical (unpaired) electrons. The highest BCUT2D eigenvalue weighted by atomic mass is 16.5. The maximum absolute atomic E-state index is 11.7. The van der Waals surface area contributed by atoms with Crippen molar-refractivity contribution in [2.24, 2.45) is 5.73 Å². The number of rotatable bonds is 5. The maximum atomic E-state index is 11.7. The Morgan fingerprint density at radius 1 is 1.26 bits per heavy atom. The van der Waals surface area contributed by atoms with Crippen LogP contribution >= 0.6 is 0 Å². The minimum absolute atomic E-state index is 0.196. The molecule has 184 valence electrons. The summed E-state index contributed by atoms with van der Waals surface area (Å²) < 4.78 is 11.5. The Balaban J connectivity index is 0.000000219. The van der Waals surface area contributed by atoms with Crippen LogP contribution < -0.4 is 21.9 Å². The molecule has 4 heterocycles. The van der Waals surface area contributed by atoms with Gasteiger partial charge in [0.15, 0.2) is 5.65 Å². The molecule has 11 nitrogen and oxygen atoms in total. The van der Waals surface area contributed by atoms with Gasteiger partial charge in [0.2, 0.25) is 0 Å². The van der Waals surface area contributed by atoms with E-state index in [4.69, 9.17) is 15.2 Å². The van der Waals surface area contributed by atoms with Gasteiger partial charge in [-0.25, -0.2) is 4.98 Å². The van der Waals surface area contributed by atoms with Crippen LogP contribution in [0.5, 0.6) is 0 Å². The number of H-pyrrole nitrogens is 1. The van der Waals surface area contributed by atoms with Gasteiger partial charge < -0.3 is 30.8 Å². The molecule has 1 aliphatic carbocycles. The fourth-order valence-electron chi connectivity index (χ4n) is 3.33. The summed E-state index contributed by atoms with van der Waals surface area (Å²) in [6.45, 7) is 2.00. The lowest BCUT2D eigenvalue weighted by Crippen LogP contribution is -2.18. The van der Waals surface area contributed by atoms with E-state index < -0.39 is 5.91 Å². The smallest absolute Gasteiger partial charge is 0.271 e. The second kappa shape index (κ2) is 12.7. The molecule has 11 heteroatoms. The number of hydrogen-bond donors (Lipinski definition) is 4. The van der Waals surface area contributed by atoms with Crippen molar-refractivity contribution in [1.29, 1.82) is 0 Å². The summed E-state index contributed by atoms with van der Waals surface area (Å²) in [5.41, 5.74) is 5.87. The third kappa shape index (κ3) is 6.78. The highest BCUT2D eigenvalue weighted by molar-refractivity contribution is 5.98. The Hall–Kier alpha value is -3.44. The van der Waals surface area contributed by atoms with E-state index in [1.165, 1.54) is 55.4 Å². The molecule has 0 atom stereocenters. The van der Waals surface area contributed by atoms with Crippen LogP contribution in [0.4, 0.5) is 17.3 Å². The van der Waals surface area contributed by atoms with Crippen molar-refractivity contribution >= 4 is 28.9 Å². The van der Waals surface area contributed by atoms with E-state index in [0.29, 0.717) is 29.1 Å². The number of aromatic nitrogens is 4. The van der Waals surface area contributed by atoms with E-state index >= 15 is 0 Å². The number of nitrogens with one attached hydrogen (secondary N) is 3. The van der Waals surface area contributed by atoms with Gasteiger partial charge in [-0.2, -0.15) is 9.61 Å². The van der Waals surface area contributed by atoms with Crippen LogP contribution in [-0.4, -0.2) is 59.0 Å². The first-order valence-corrected chi connectivity index (χ1v) is 11.4. The molecule has 0 spiro atoms. The summed E-state index contributed by atoms with van der Waals surface area (Å²) in [6.07, 6.45) is 11.4. The Bertz CT molecular complexity index is 1110. The lowest BCUT2D eigenvalue weighted by molar-refractivity contribution is 0.0412. The monoisotopic (exact) mass is 471 g/mol. The second-order valence-corrected chi connectivity index (χ2v) is 7.93. The molecule has 34 heavy (non-hydrogen) atoms. The largest absolute Gasteiger partial charge is 0.381 e. The van der Waals surface area contributed by atoms with Crippen molar-refractivity contribution in [2.75, 3.05) is 38.0 Å². The number of methoxy groups -OCH3 is 1. The molecule has 1 amide bonds. The van der Waals surface area contributed by atoms with Gasteiger partial charge in [-0.1, -0.05) is 0 Å². The first-order valence-electron chi connectivity index (χ1n) is 11.4. The molecule has 3 aromatic heterocycles. The highest BCUT2D eigenvalue weighted by Gasteiger charge is 2.15. The standard InChI is InChI=1S/C13H13N7O2.2C5H10O/c1-15-10-5-9(18-8-3-2-4-16-13(8)22)19-12-7(11(14)21)6-17-20(10)12;1-6-5-3-2-4-5;1-2-4-6-5-3-1/h2-6,15H,1H3,(H2,14,21)(H,16,22)(H,18,19);5H,2-4H2,1H3;1-5H2. The van der Waals surface area contributed by atoms with Crippen molar-refractivity contribution in [3.63, 3.8) is 0 Å². The van der Waals surface area contributed by atoms with Crippen LogP contribution in [0.2, 0.25) is 0 Å². The number of ether oxygens (including phenoxy) is 2. The number of primary amides is 1. The topological polar surface area (TPSA) is 149 Å². The molecule has 2 aliphatic rings. The van der Waals surface area contributed by atoms with Crippen LogP contribution in [0.1, 0.15) is 48.9 Å². The average molecular weight is 472 g/mol. The zero-order chi connectivity index (χ0) is 24.3. The van der Waals surface area contributed by atoms with Crippen LogP contribution in [0.15, 0.2) is 35.4 Å². The van der Waals surface area contributed by atoms with Gasteiger partial charge in [-0.05, 0) is 50.7 Å². The van der Waals surface area contributed by atoms with Gasteiger partial charge in [0.1, 0.15) is 22.9 Å². The van der Waals surface area contributed by atoms with Gasteiger partial charge in [-0.15, -0.1) is 0 Å². The van der Waals surface area contributed by atoms with Crippen molar-refractivity contribution < 1.29 is 14.3 Å². The average Bonchev–Trinajstić information content (AvgIpc) is 3.26. The SMILES string of the molecule is C1CCOCC1.CNc1cc(Nc2ccc[nH]c2=O)nc2c(C(N)=O)cnn12.COC1CCC1. The summed E-state index contributed by atoms with van der Waals surface area (Å²) in [4.78, 5) is 30.0. The van der Waals surface area contributed by atoms with Gasteiger partial charge >= 0.3 is 0 Å². The predicted octanol–water partition coefficient (Wildman–Crippen LogP) is 2.67. The minimum Gasteiger partial charge on any atom is -0.381 e. The lowest BCUT2D eigenvalue weighted by atomic mass is 9.96. The van der Waals surface area contributed by atoms with Crippen LogP contribution in [0.3, 0.4) is 0 Å².